The summed E-state index contributed by atoms with van der Waals surface area (Å²) < 4.78 is 30.9. The molecule has 102 valence electrons. The van der Waals surface area contributed by atoms with Gasteiger partial charge in [0.1, 0.15) is 5.82 Å². The van der Waals surface area contributed by atoms with E-state index in [0.717, 1.165) is 18.1 Å². The van der Waals surface area contributed by atoms with Gasteiger partial charge in [0.05, 0.1) is 24.7 Å². The van der Waals surface area contributed by atoms with E-state index in [1.165, 1.54) is 0 Å². The third-order valence-electron chi connectivity index (χ3n) is 2.27. The van der Waals surface area contributed by atoms with Crippen LogP contribution in [-0.2, 0) is 21.5 Å². The molecule has 0 aliphatic rings. The average molecular weight is 284 g/mol. The van der Waals surface area contributed by atoms with Crippen molar-refractivity contribution >= 4 is 27.3 Å². The van der Waals surface area contributed by atoms with Crippen molar-refractivity contribution in [3.8, 4) is 0 Å². The summed E-state index contributed by atoms with van der Waals surface area (Å²) in [6, 6.07) is 7.30. The molecule has 3 N–H and O–H groups in total. The van der Waals surface area contributed by atoms with E-state index in [0.29, 0.717) is 5.82 Å². The van der Waals surface area contributed by atoms with Crippen molar-refractivity contribution in [3.63, 3.8) is 0 Å². The van der Waals surface area contributed by atoms with Crippen LogP contribution in [0.4, 0.5) is 4.79 Å². The van der Waals surface area contributed by atoms with Crippen molar-refractivity contribution in [2.24, 2.45) is 0 Å². The third-order valence-corrected chi connectivity index (χ3v) is 3.23. The summed E-state index contributed by atoms with van der Waals surface area (Å²) in [5.74, 6) is 0.441. The molecule has 0 radical (unpaired) electrons. The molecule has 2 rings (SSSR count). The number of imidazole rings is 1. The highest BCUT2D eigenvalue weighted by atomic mass is 32.2. The minimum atomic E-state index is -3.96. The first-order valence-corrected chi connectivity index (χ1v) is 6.77. The SMILES string of the molecule is COC(=O)NS(=O)(=O)NCc1nc2ccccc2[nH]1. The quantitative estimate of drug-likeness (QED) is 0.745. The minimum Gasteiger partial charge on any atom is -0.452 e. The highest BCUT2D eigenvalue weighted by Gasteiger charge is 2.14. The lowest BCUT2D eigenvalue weighted by atomic mass is 10.3. The molecular formula is C10H12N4O4S. The average Bonchev–Trinajstić information content (AvgIpc) is 2.78. The molecule has 1 aromatic carbocycles. The van der Waals surface area contributed by atoms with Gasteiger partial charge in [-0.15, -0.1) is 0 Å². The molecule has 0 aliphatic heterocycles. The number of amides is 1. The molecule has 2 aromatic rings. The number of hydrogen-bond donors (Lipinski definition) is 3. The molecule has 0 aliphatic carbocycles. The van der Waals surface area contributed by atoms with Gasteiger partial charge in [0.2, 0.25) is 0 Å². The molecule has 0 atom stereocenters. The fraction of sp³-hybridized carbons (Fsp3) is 0.200. The minimum absolute atomic E-state index is 0.0684. The van der Waals surface area contributed by atoms with E-state index in [2.05, 4.69) is 19.4 Å². The number of carbonyl (C=O) groups is 1. The lowest BCUT2D eigenvalue weighted by Crippen LogP contribution is -2.39. The third kappa shape index (κ3) is 3.42. The van der Waals surface area contributed by atoms with E-state index in [9.17, 15) is 13.2 Å². The van der Waals surface area contributed by atoms with Crippen molar-refractivity contribution in [2.75, 3.05) is 7.11 Å². The monoisotopic (exact) mass is 284 g/mol. The molecule has 0 spiro atoms. The molecule has 1 heterocycles. The molecule has 0 saturated heterocycles. The van der Waals surface area contributed by atoms with Crippen LogP contribution in [0, 0.1) is 0 Å². The van der Waals surface area contributed by atoms with E-state index < -0.39 is 16.3 Å². The normalized spacial score (nSPS) is 11.4. The van der Waals surface area contributed by atoms with E-state index in [-0.39, 0.29) is 6.54 Å². The number of H-pyrrole nitrogens is 1. The van der Waals surface area contributed by atoms with Crippen molar-refractivity contribution in [1.29, 1.82) is 0 Å². The van der Waals surface area contributed by atoms with Gasteiger partial charge < -0.3 is 9.72 Å². The van der Waals surface area contributed by atoms with Gasteiger partial charge in [-0.25, -0.2) is 14.5 Å². The molecule has 0 saturated carbocycles. The van der Waals surface area contributed by atoms with Crippen molar-refractivity contribution < 1.29 is 17.9 Å². The van der Waals surface area contributed by atoms with Crippen LogP contribution >= 0.6 is 0 Å². The molecular weight excluding hydrogens is 272 g/mol. The van der Waals surface area contributed by atoms with E-state index >= 15 is 0 Å². The molecule has 1 amide bonds. The zero-order chi connectivity index (χ0) is 13.9. The second-order valence-corrected chi connectivity index (χ2v) is 5.12. The Bertz CT molecular complexity index is 661. The highest BCUT2D eigenvalue weighted by Crippen LogP contribution is 2.09. The maximum atomic E-state index is 11.4. The van der Waals surface area contributed by atoms with Crippen LogP contribution in [0.3, 0.4) is 0 Å². The van der Waals surface area contributed by atoms with E-state index in [1.807, 2.05) is 18.2 Å². The molecule has 19 heavy (non-hydrogen) atoms. The van der Waals surface area contributed by atoms with Crippen LogP contribution in [0.25, 0.3) is 11.0 Å². The Morgan fingerprint density at radius 2 is 2.16 bits per heavy atom. The predicted molar refractivity (Wildman–Crippen MR) is 67.4 cm³/mol. The summed E-state index contributed by atoms with van der Waals surface area (Å²) in [6.45, 7) is -0.0684. The number of aromatic nitrogens is 2. The van der Waals surface area contributed by atoms with Crippen LogP contribution in [-0.4, -0.2) is 31.6 Å². The number of methoxy groups -OCH3 is 1. The lowest BCUT2D eigenvalue weighted by molar-refractivity contribution is 0.177. The fourth-order valence-corrected chi connectivity index (χ4v) is 2.14. The molecule has 9 heteroatoms. The highest BCUT2D eigenvalue weighted by molar-refractivity contribution is 7.88. The van der Waals surface area contributed by atoms with Gasteiger partial charge in [0.15, 0.2) is 0 Å². The number of rotatable bonds is 4. The predicted octanol–water partition coefficient (Wildman–Crippen LogP) is 0.253. The summed E-state index contributed by atoms with van der Waals surface area (Å²) in [5.41, 5.74) is 1.54. The Kier molecular flexibility index (Phi) is 3.67. The Morgan fingerprint density at radius 3 is 2.84 bits per heavy atom. The molecule has 0 unspecified atom stereocenters. The van der Waals surface area contributed by atoms with Gasteiger partial charge in [-0.2, -0.15) is 13.1 Å². The zero-order valence-corrected chi connectivity index (χ0v) is 10.8. The van der Waals surface area contributed by atoms with Gasteiger partial charge in [-0.3, -0.25) is 0 Å². The number of ether oxygens (including phenoxy) is 1. The maximum absolute atomic E-state index is 11.4. The Morgan fingerprint density at radius 1 is 1.42 bits per heavy atom. The van der Waals surface area contributed by atoms with E-state index in [1.54, 1.807) is 10.8 Å². The van der Waals surface area contributed by atoms with Gasteiger partial charge in [0.25, 0.3) is 0 Å². The van der Waals surface area contributed by atoms with Gasteiger partial charge in [-0.05, 0) is 12.1 Å². The smallest absolute Gasteiger partial charge is 0.421 e. The standard InChI is InChI=1S/C10H12N4O4S/c1-18-10(15)14-19(16,17)11-6-9-12-7-4-2-3-5-8(7)13-9/h2-5,11H,6H2,1H3,(H,12,13)(H,14,15). The summed E-state index contributed by atoms with van der Waals surface area (Å²) >= 11 is 0. The number of benzene rings is 1. The van der Waals surface area contributed by atoms with E-state index in [4.69, 9.17) is 0 Å². The number of aromatic amines is 1. The Balaban J connectivity index is 2.04. The first-order chi connectivity index (χ1) is 9.00. The number of carbonyl (C=O) groups excluding carboxylic acids is 1. The van der Waals surface area contributed by atoms with Crippen LogP contribution in [0.15, 0.2) is 24.3 Å². The molecule has 1 aromatic heterocycles. The van der Waals surface area contributed by atoms with Gasteiger partial charge in [0, 0.05) is 0 Å². The number of fused-ring (bicyclic) bond motifs is 1. The molecule has 0 bridgehead atoms. The fourth-order valence-electron chi connectivity index (χ4n) is 1.44. The van der Waals surface area contributed by atoms with Crippen LogP contribution in [0.2, 0.25) is 0 Å². The van der Waals surface area contributed by atoms with Crippen LogP contribution < -0.4 is 9.44 Å². The molecule has 8 nitrogen and oxygen atoms in total. The number of para-hydroxylation sites is 2. The summed E-state index contributed by atoms with van der Waals surface area (Å²) in [4.78, 5) is 17.9. The topological polar surface area (TPSA) is 113 Å². The zero-order valence-electron chi connectivity index (χ0n) is 10.0. The summed E-state index contributed by atoms with van der Waals surface area (Å²) in [6.07, 6.45) is -1.06. The second-order valence-electron chi connectivity index (χ2n) is 3.62. The molecule has 0 fully saturated rings. The Labute approximate surface area is 109 Å². The van der Waals surface area contributed by atoms with Crippen molar-refractivity contribution in [2.45, 2.75) is 6.54 Å². The van der Waals surface area contributed by atoms with Crippen LogP contribution in [0.1, 0.15) is 5.82 Å². The Hall–Kier alpha value is -2.13. The number of nitrogens with one attached hydrogen (secondary N) is 3. The van der Waals surface area contributed by atoms with Crippen molar-refractivity contribution in [3.05, 3.63) is 30.1 Å². The van der Waals surface area contributed by atoms with Gasteiger partial charge >= 0.3 is 16.3 Å². The van der Waals surface area contributed by atoms with Gasteiger partial charge in [-0.1, -0.05) is 12.1 Å². The summed E-state index contributed by atoms with van der Waals surface area (Å²) in [5, 5.41) is 0. The maximum Gasteiger partial charge on any atom is 0.421 e. The second kappa shape index (κ2) is 5.24. The largest absolute Gasteiger partial charge is 0.452 e. The first-order valence-electron chi connectivity index (χ1n) is 5.29. The lowest BCUT2D eigenvalue weighted by Gasteiger charge is -2.05. The van der Waals surface area contributed by atoms with Crippen molar-refractivity contribution in [1.82, 2.24) is 19.4 Å². The summed E-state index contributed by atoms with van der Waals surface area (Å²) in [7, 11) is -2.89. The van der Waals surface area contributed by atoms with Crippen LogP contribution in [0.5, 0.6) is 0 Å². The first kappa shape index (κ1) is 13.3. The number of hydrogen-bond acceptors (Lipinski definition) is 5. The number of nitrogens with zero attached hydrogens (tertiary/aromatic N) is 1.